The fourth-order valence-electron chi connectivity index (χ4n) is 1.32. The number of nitrogens with zero attached hydrogens (tertiary/aromatic N) is 2. The van der Waals surface area contributed by atoms with E-state index in [2.05, 4.69) is 27.6 Å². The Labute approximate surface area is 104 Å². The van der Waals surface area contributed by atoms with Crippen molar-refractivity contribution in [1.29, 1.82) is 0 Å². The third-order valence-corrected chi connectivity index (χ3v) is 3.12. The van der Waals surface area contributed by atoms with Crippen LogP contribution >= 0.6 is 22.9 Å². The fourth-order valence-corrected chi connectivity index (χ4v) is 2.08. The first-order chi connectivity index (χ1) is 7.75. The molecule has 5 heteroatoms. The van der Waals surface area contributed by atoms with E-state index in [1.807, 2.05) is 11.6 Å². The van der Waals surface area contributed by atoms with Gasteiger partial charge in [-0.25, -0.2) is 9.97 Å². The van der Waals surface area contributed by atoms with Crippen LogP contribution in [0.3, 0.4) is 0 Å². The summed E-state index contributed by atoms with van der Waals surface area (Å²) in [6.07, 6.45) is 1.78. The molecule has 0 aliphatic rings. The van der Waals surface area contributed by atoms with E-state index in [1.54, 1.807) is 23.6 Å². The maximum absolute atomic E-state index is 5.72. The third kappa shape index (κ3) is 3.01. The zero-order valence-corrected chi connectivity index (χ0v) is 10.4. The molecule has 0 aromatic carbocycles. The first kappa shape index (κ1) is 11.5. The highest BCUT2D eigenvalue weighted by molar-refractivity contribution is 7.07. The van der Waals surface area contributed by atoms with Crippen LogP contribution in [0.4, 0.5) is 0 Å². The van der Waals surface area contributed by atoms with E-state index >= 15 is 0 Å². The van der Waals surface area contributed by atoms with Gasteiger partial charge in [0.15, 0.2) is 0 Å². The Hall–Kier alpha value is -0.970. The summed E-state index contributed by atoms with van der Waals surface area (Å²) < 4.78 is 0. The van der Waals surface area contributed by atoms with Gasteiger partial charge in [0, 0.05) is 24.2 Å². The molecular formula is C11H12ClN3S. The fraction of sp³-hybridized carbons (Fsp3) is 0.273. The summed E-state index contributed by atoms with van der Waals surface area (Å²) in [4.78, 5) is 8.29. The summed E-state index contributed by atoms with van der Waals surface area (Å²) in [5.41, 5.74) is 4.04. The lowest BCUT2D eigenvalue weighted by Gasteiger charge is -2.11. The highest BCUT2D eigenvalue weighted by Crippen LogP contribution is 2.13. The Morgan fingerprint density at radius 2 is 2.31 bits per heavy atom. The maximum atomic E-state index is 5.72. The van der Waals surface area contributed by atoms with Crippen molar-refractivity contribution < 1.29 is 0 Å². The van der Waals surface area contributed by atoms with E-state index in [4.69, 9.17) is 11.6 Å². The summed E-state index contributed by atoms with van der Waals surface area (Å²) in [6, 6.07) is 4.02. The predicted octanol–water partition coefficient (Wildman–Crippen LogP) is 3.04. The van der Waals surface area contributed by atoms with Crippen molar-refractivity contribution in [1.82, 2.24) is 15.3 Å². The molecule has 16 heavy (non-hydrogen) atoms. The van der Waals surface area contributed by atoms with Gasteiger partial charge in [-0.15, -0.1) is 11.3 Å². The Bertz CT molecular complexity index is 427. The van der Waals surface area contributed by atoms with Crippen molar-refractivity contribution in [2.75, 3.05) is 0 Å². The van der Waals surface area contributed by atoms with Gasteiger partial charge in [0.25, 0.3) is 0 Å². The Morgan fingerprint density at radius 1 is 1.44 bits per heavy atom. The van der Waals surface area contributed by atoms with Crippen molar-refractivity contribution in [2.45, 2.75) is 19.5 Å². The molecule has 0 saturated carbocycles. The van der Waals surface area contributed by atoms with Gasteiger partial charge in [-0.1, -0.05) is 17.7 Å². The Balaban J connectivity index is 1.90. The van der Waals surface area contributed by atoms with E-state index in [0.29, 0.717) is 5.15 Å². The number of thiazole rings is 1. The molecule has 0 aliphatic heterocycles. The second kappa shape index (κ2) is 5.39. The third-order valence-electron chi connectivity index (χ3n) is 2.30. The SMILES string of the molecule is CC(NCc1ccc(Cl)nc1)c1cscn1. The summed E-state index contributed by atoms with van der Waals surface area (Å²) in [5, 5.41) is 5.96. The highest BCUT2D eigenvalue weighted by atomic mass is 35.5. The Kier molecular flexibility index (Phi) is 3.88. The van der Waals surface area contributed by atoms with Gasteiger partial charge in [0.1, 0.15) is 5.15 Å². The smallest absolute Gasteiger partial charge is 0.129 e. The van der Waals surface area contributed by atoms with Crippen LogP contribution < -0.4 is 5.32 Å². The standard InChI is InChI=1S/C11H12ClN3S/c1-8(10-6-16-7-15-10)13-4-9-2-3-11(12)14-5-9/h2-3,5-8,13H,4H2,1H3. The maximum Gasteiger partial charge on any atom is 0.129 e. The first-order valence-corrected chi connectivity index (χ1v) is 6.29. The number of pyridine rings is 1. The molecule has 2 aromatic rings. The largest absolute Gasteiger partial charge is 0.305 e. The summed E-state index contributed by atoms with van der Waals surface area (Å²) >= 11 is 7.33. The molecule has 0 spiro atoms. The van der Waals surface area contributed by atoms with Gasteiger partial charge in [-0.05, 0) is 18.6 Å². The van der Waals surface area contributed by atoms with Crippen LogP contribution in [0.15, 0.2) is 29.2 Å². The lowest BCUT2D eigenvalue weighted by molar-refractivity contribution is 0.563. The molecule has 1 unspecified atom stereocenters. The van der Waals surface area contributed by atoms with Crippen LogP contribution in [0.25, 0.3) is 0 Å². The van der Waals surface area contributed by atoms with Crippen LogP contribution in [0.1, 0.15) is 24.2 Å². The molecule has 84 valence electrons. The molecule has 1 N–H and O–H groups in total. The summed E-state index contributed by atoms with van der Waals surface area (Å²) in [5.74, 6) is 0. The van der Waals surface area contributed by atoms with Gasteiger partial charge >= 0.3 is 0 Å². The van der Waals surface area contributed by atoms with Gasteiger partial charge in [-0.3, -0.25) is 0 Å². The zero-order chi connectivity index (χ0) is 11.4. The van der Waals surface area contributed by atoms with E-state index in [-0.39, 0.29) is 6.04 Å². The number of hydrogen-bond acceptors (Lipinski definition) is 4. The van der Waals surface area contributed by atoms with E-state index in [0.717, 1.165) is 17.8 Å². The van der Waals surface area contributed by atoms with Crippen LogP contribution in [-0.2, 0) is 6.54 Å². The minimum absolute atomic E-state index is 0.252. The summed E-state index contributed by atoms with van der Waals surface area (Å²) in [7, 11) is 0. The minimum atomic E-state index is 0.252. The molecule has 2 rings (SSSR count). The summed E-state index contributed by atoms with van der Waals surface area (Å²) in [6.45, 7) is 2.86. The second-order valence-electron chi connectivity index (χ2n) is 3.51. The molecule has 2 aromatic heterocycles. The van der Waals surface area contributed by atoms with Gasteiger partial charge < -0.3 is 5.32 Å². The molecule has 0 saturated heterocycles. The van der Waals surface area contributed by atoms with Crippen LogP contribution in [-0.4, -0.2) is 9.97 Å². The minimum Gasteiger partial charge on any atom is -0.305 e. The lowest BCUT2D eigenvalue weighted by atomic mass is 10.2. The molecule has 3 nitrogen and oxygen atoms in total. The van der Waals surface area contributed by atoms with Crippen LogP contribution in [0, 0.1) is 0 Å². The average Bonchev–Trinajstić information content (AvgIpc) is 2.81. The molecule has 0 amide bonds. The topological polar surface area (TPSA) is 37.8 Å². The number of hydrogen-bond donors (Lipinski definition) is 1. The van der Waals surface area contributed by atoms with Crippen LogP contribution in [0.2, 0.25) is 5.15 Å². The lowest BCUT2D eigenvalue weighted by Crippen LogP contribution is -2.18. The van der Waals surface area contributed by atoms with Crippen molar-refractivity contribution in [3.8, 4) is 0 Å². The second-order valence-corrected chi connectivity index (χ2v) is 4.61. The van der Waals surface area contributed by atoms with Gasteiger partial charge in [0.2, 0.25) is 0 Å². The number of aromatic nitrogens is 2. The van der Waals surface area contributed by atoms with Gasteiger partial charge in [-0.2, -0.15) is 0 Å². The molecule has 1 atom stereocenters. The van der Waals surface area contributed by atoms with E-state index < -0.39 is 0 Å². The Morgan fingerprint density at radius 3 is 2.94 bits per heavy atom. The number of rotatable bonds is 4. The van der Waals surface area contributed by atoms with Crippen molar-refractivity contribution in [3.63, 3.8) is 0 Å². The molecule has 0 aliphatic carbocycles. The number of nitrogens with one attached hydrogen (secondary N) is 1. The monoisotopic (exact) mass is 253 g/mol. The quantitative estimate of drug-likeness (QED) is 0.851. The molecule has 0 bridgehead atoms. The molecule has 0 fully saturated rings. The predicted molar refractivity (Wildman–Crippen MR) is 66.6 cm³/mol. The van der Waals surface area contributed by atoms with E-state index in [1.165, 1.54) is 0 Å². The van der Waals surface area contributed by atoms with Gasteiger partial charge in [0.05, 0.1) is 11.2 Å². The normalized spacial score (nSPS) is 12.6. The number of halogens is 1. The van der Waals surface area contributed by atoms with Crippen LogP contribution in [0.5, 0.6) is 0 Å². The zero-order valence-electron chi connectivity index (χ0n) is 8.85. The van der Waals surface area contributed by atoms with Crippen molar-refractivity contribution >= 4 is 22.9 Å². The molecule has 0 radical (unpaired) electrons. The molecule has 2 heterocycles. The average molecular weight is 254 g/mol. The highest BCUT2D eigenvalue weighted by Gasteiger charge is 2.06. The molecular weight excluding hydrogens is 242 g/mol. The van der Waals surface area contributed by atoms with Crippen molar-refractivity contribution in [3.05, 3.63) is 45.6 Å². The van der Waals surface area contributed by atoms with E-state index in [9.17, 15) is 0 Å². The van der Waals surface area contributed by atoms with Crippen molar-refractivity contribution in [2.24, 2.45) is 0 Å². The first-order valence-electron chi connectivity index (χ1n) is 4.97.